The lowest BCUT2D eigenvalue weighted by molar-refractivity contribution is -0.131. The van der Waals surface area contributed by atoms with Gasteiger partial charge in [-0.3, -0.25) is 4.79 Å². The van der Waals surface area contributed by atoms with Crippen molar-refractivity contribution in [2.24, 2.45) is 5.92 Å². The van der Waals surface area contributed by atoms with E-state index in [9.17, 15) is 9.59 Å². The van der Waals surface area contributed by atoms with Crippen molar-refractivity contribution in [3.8, 4) is 6.07 Å². The van der Waals surface area contributed by atoms with Crippen LogP contribution in [0.2, 0.25) is 0 Å². The van der Waals surface area contributed by atoms with Crippen molar-refractivity contribution in [2.75, 3.05) is 25.0 Å². The van der Waals surface area contributed by atoms with E-state index in [0.717, 1.165) is 6.42 Å². The highest BCUT2D eigenvalue weighted by Gasteiger charge is 2.33. The van der Waals surface area contributed by atoms with Gasteiger partial charge in [0.1, 0.15) is 24.3 Å². The number of halogens is 1. The number of piperidine rings is 1. The second-order valence-electron chi connectivity index (χ2n) is 8.04. The SMILES string of the molecule is C[C@@H]1CCN(C(=O)CC#N)C[C@@H]1N(C)c1ncnc2c1ccn2C(=O)OC1=CC=CNC=C1.Cl. The molecular weight excluding hydrogens is 458 g/mol. The summed E-state index contributed by atoms with van der Waals surface area (Å²) in [5, 5.41) is 12.5. The highest BCUT2D eigenvalue weighted by atomic mass is 35.5. The second-order valence-corrected chi connectivity index (χ2v) is 8.04. The Morgan fingerprint density at radius 1 is 1.35 bits per heavy atom. The third-order valence-corrected chi connectivity index (χ3v) is 5.99. The number of likely N-dealkylation sites (N-methyl/N-ethyl adjacent to an activating group) is 1. The second kappa shape index (κ2) is 10.9. The number of nitriles is 1. The van der Waals surface area contributed by atoms with E-state index in [1.807, 2.05) is 18.0 Å². The van der Waals surface area contributed by atoms with E-state index in [0.29, 0.717) is 41.6 Å². The van der Waals surface area contributed by atoms with Crippen LogP contribution in [-0.4, -0.2) is 57.6 Å². The number of nitrogens with one attached hydrogen (secondary N) is 1. The average Bonchev–Trinajstić information content (AvgIpc) is 3.09. The molecule has 1 fully saturated rings. The first kappa shape index (κ1) is 24.8. The van der Waals surface area contributed by atoms with Crippen molar-refractivity contribution in [1.29, 1.82) is 5.26 Å². The number of nitrogens with zero attached hydrogens (tertiary/aromatic N) is 6. The molecule has 0 aromatic carbocycles. The van der Waals surface area contributed by atoms with Gasteiger partial charge in [0, 0.05) is 38.7 Å². The topological polar surface area (TPSA) is 116 Å². The number of aromatic nitrogens is 3. The average molecular weight is 484 g/mol. The molecule has 0 radical (unpaired) electrons. The van der Waals surface area contributed by atoms with E-state index in [1.54, 1.807) is 47.8 Å². The van der Waals surface area contributed by atoms with E-state index < -0.39 is 6.09 Å². The molecule has 2 atom stereocenters. The van der Waals surface area contributed by atoms with Gasteiger partial charge in [-0.1, -0.05) is 6.92 Å². The zero-order valence-corrected chi connectivity index (χ0v) is 19.7. The first-order valence-electron chi connectivity index (χ1n) is 10.7. The standard InChI is InChI=1S/C23H25N7O3.ClH/c1-16-7-12-29(20(31)5-9-24)14-19(16)28(2)21-18-8-13-30(22(18)27-15-26-21)23(32)33-17-4-3-10-25-11-6-17;/h3-4,6,8,10-11,13,15-16,19,25H,5,7,12,14H2,1-2H3;1H/t16-,19+;/m1./s1. The lowest BCUT2D eigenvalue weighted by Crippen LogP contribution is -2.52. The van der Waals surface area contributed by atoms with Gasteiger partial charge in [-0.25, -0.2) is 19.3 Å². The van der Waals surface area contributed by atoms with E-state index in [1.165, 1.54) is 10.9 Å². The van der Waals surface area contributed by atoms with E-state index in [4.69, 9.17) is 10.00 Å². The van der Waals surface area contributed by atoms with Crippen LogP contribution < -0.4 is 10.2 Å². The Kier molecular flexibility index (Phi) is 7.91. The molecule has 0 bridgehead atoms. The number of carbonyl (C=O) groups excluding carboxylic acids is 2. The van der Waals surface area contributed by atoms with Crippen LogP contribution >= 0.6 is 12.4 Å². The van der Waals surface area contributed by atoms with Crippen LogP contribution in [0.4, 0.5) is 10.6 Å². The van der Waals surface area contributed by atoms with Gasteiger partial charge in [-0.15, -0.1) is 12.4 Å². The summed E-state index contributed by atoms with van der Waals surface area (Å²) in [7, 11) is 1.93. The first-order valence-corrected chi connectivity index (χ1v) is 10.7. The Labute approximate surface area is 203 Å². The number of ether oxygens (including phenoxy) is 1. The van der Waals surface area contributed by atoms with Crippen molar-refractivity contribution >= 4 is 41.3 Å². The van der Waals surface area contributed by atoms with Crippen LogP contribution in [0.1, 0.15) is 19.8 Å². The highest BCUT2D eigenvalue weighted by molar-refractivity contribution is 5.93. The third kappa shape index (κ3) is 5.05. The number of anilines is 1. The summed E-state index contributed by atoms with van der Waals surface area (Å²) in [5.41, 5.74) is 0.435. The summed E-state index contributed by atoms with van der Waals surface area (Å²) in [6.07, 6.45) is 11.6. The number of likely N-dealkylation sites (tertiary alicyclic amines) is 1. The number of hydrogen-bond acceptors (Lipinski definition) is 8. The van der Waals surface area contributed by atoms with Gasteiger partial charge in [-0.05, 0) is 36.6 Å². The van der Waals surface area contributed by atoms with Gasteiger partial charge < -0.3 is 19.9 Å². The Morgan fingerprint density at radius 3 is 2.97 bits per heavy atom. The van der Waals surface area contributed by atoms with Crippen molar-refractivity contribution in [2.45, 2.75) is 25.8 Å². The molecule has 0 spiro atoms. The van der Waals surface area contributed by atoms with Crippen molar-refractivity contribution in [1.82, 2.24) is 24.8 Å². The summed E-state index contributed by atoms with van der Waals surface area (Å²) in [6.45, 7) is 3.29. The Bertz CT molecular complexity index is 1200. The fourth-order valence-corrected chi connectivity index (χ4v) is 4.14. The lowest BCUT2D eigenvalue weighted by Gasteiger charge is -2.42. The number of rotatable bonds is 4. The predicted molar refractivity (Wildman–Crippen MR) is 129 cm³/mol. The number of allylic oxidation sites excluding steroid dienone is 3. The summed E-state index contributed by atoms with van der Waals surface area (Å²) in [4.78, 5) is 37.6. The summed E-state index contributed by atoms with van der Waals surface area (Å²) < 4.78 is 6.83. The summed E-state index contributed by atoms with van der Waals surface area (Å²) in [5.74, 6) is 1.22. The monoisotopic (exact) mass is 483 g/mol. The molecule has 2 aromatic rings. The molecule has 11 heteroatoms. The molecule has 4 rings (SSSR count). The van der Waals surface area contributed by atoms with Crippen molar-refractivity contribution in [3.05, 3.63) is 55.0 Å². The fourth-order valence-electron chi connectivity index (χ4n) is 4.14. The maximum Gasteiger partial charge on any atom is 0.425 e. The molecular formula is C23H26ClN7O3. The van der Waals surface area contributed by atoms with Gasteiger partial charge in [0.05, 0.1) is 17.5 Å². The summed E-state index contributed by atoms with van der Waals surface area (Å²) in [6, 6.07) is 3.73. The maximum absolute atomic E-state index is 12.8. The number of carbonyl (C=O) groups is 2. The quantitative estimate of drug-likeness (QED) is 0.705. The van der Waals surface area contributed by atoms with Gasteiger partial charge in [0.2, 0.25) is 5.91 Å². The summed E-state index contributed by atoms with van der Waals surface area (Å²) >= 11 is 0. The van der Waals surface area contributed by atoms with Gasteiger partial charge in [0.25, 0.3) is 0 Å². The predicted octanol–water partition coefficient (Wildman–Crippen LogP) is 2.94. The minimum absolute atomic E-state index is 0. The molecule has 0 aliphatic carbocycles. The minimum Gasteiger partial charge on any atom is -0.410 e. The number of hydrogen-bond donors (Lipinski definition) is 1. The van der Waals surface area contributed by atoms with Gasteiger partial charge >= 0.3 is 6.09 Å². The van der Waals surface area contributed by atoms with Crippen LogP contribution in [0.15, 0.2) is 55.0 Å². The molecule has 4 heterocycles. The zero-order chi connectivity index (χ0) is 23.4. The molecule has 0 unspecified atom stereocenters. The smallest absolute Gasteiger partial charge is 0.410 e. The van der Waals surface area contributed by atoms with Crippen molar-refractivity contribution < 1.29 is 14.3 Å². The number of fused-ring (bicyclic) bond motifs is 1. The Morgan fingerprint density at radius 2 is 2.18 bits per heavy atom. The molecule has 1 N–H and O–H groups in total. The largest absolute Gasteiger partial charge is 0.425 e. The van der Waals surface area contributed by atoms with E-state index >= 15 is 0 Å². The molecule has 0 saturated carbocycles. The van der Waals surface area contributed by atoms with Crippen LogP contribution in [-0.2, 0) is 9.53 Å². The molecule has 1 amide bonds. The molecule has 2 aliphatic heterocycles. The fraction of sp³-hybridized carbons (Fsp3) is 0.348. The third-order valence-electron chi connectivity index (χ3n) is 5.99. The Balaban J connectivity index is 0.00000324. The molecule has 10 nitrogen and oxygen atoms in total. The molecule has 2 aliphatic rings. The lowest BCUT2D eigenvalue weighted by atomic mass is 9.92. The maximum atomic E-state index is 12.8. The van der Waals surface area contributed by atoms with Crippen LogP contribution in [0.5, 0.6) is 0 Å². The first-order chi connectivity index (χ1) is 16.0. The number of amides is 1. The molecule has 178 valence electrons. The normalized spacial score (nSPS) is 19.3. The molecule has 2 aromatic heterocycles. The molecule has 1 saturated heterocycles. The highest BCUT2D eigenvalue weighted by Crippen LogP contribution is 2.30. The van der Waals surface area contributed by atoms with Crippen LogP contribution in [0.25, 0.3) is 11.0 Å². The van der Waals surface area contributed by atoms with E-state index in [-0.39, 0.29) is 30.8 Å². The minimum atomic E-state index is -0.581. The van der Waals surface area contributed by atoms with Gasteiger partial charge in [-0.2, -0.15) is 5.26 Å². The van der Waals surface area contributed by atoms with Crippen LogP contribution in [0.3, 0.4) is 0 Å². The Hall–Kier alpha value is -3.84. The van der Waals surface area contributed by atoms with Crippen LogP contribution in [0, 0.1) is 17.2 Å². The van der Waals surface area contributed by atoms with Crippen molar-refractivity contribution in [3.63, 3.8) is 0 Å². The molecule has 34 heavy (non-hydrogen) atoms. The van der Waals surface area contributed by atoms with Gasteiger partial charge in [0.15, 0.2) is 5.65 Å². The zero-order valence-electron chi connectivity index (χ0n) is 18.9. The van der Waals surface area contributed by atoms with E-state index in [2.05, 4.69) is 22.2 Å².